The highest BCUT2D eigenvalue weighted by atomic mass is 35.5. The monoisotopic (exact) mass is 241 g/mol. The van der Waals surface area contributed by atoms with Gasteiger partial charge in [0.15, 0.2) is 5.82 Å². The Labute approximate surface area is 101 Å². The van der Waals surface area contributed by atoms with Gasteiger partial charge in [0.25, 0.3) is 0 Å². The van der Waals surface area contributed by atoms with Crippen LogP contribution in [-0.2, 0) is 0 Å². The number of hydrogen-bond acceptors (Lipinski definition) is 1. The average molecular weight is 242 g/mol. The molecule has 1 nitrogen and oxygen atoms in total. The van der Waals surface area contributed by atoms with Crippen LogP contribution in [-0.4, -0.2) is 13.1 Å². The SMILES string of the molecule is CC(C)c1cc(Cl)c(F)c(N2CCCC2)c1. The highest BCUT2D eigenvalue weighted by Crippen LogP contribution is 2.32. The van der Waals surface area contributed by atoms with Crippen LogP contribution in [0.5, 0.6) is 0 Å². The highest BCUT2D eigenvalue weighted by Gasteiger charge is 2.19. The molecule has 0 amide bonds. The van der Waals surface area contributed by atoms with E-state index in [1.54, 1.807) is 6.07 Å². The smallest absolute Gasteiger partial charge is 0.165 e. The Morgan fingerprint density at radius 1 is 1.25 bits per heavy atom. The molecule has 1 heterocycles. The van der Waals surface area contributed by atoms with Crippen molar-refractivity contribution in [2.24, 2.45) is 0 Å². The fourth-order valence-corrected chi connectivity index (χ4v) is 2.34. The van der Waals surface area contributed by atoms with Gasteiger partial charge in [-0.05, 0) is 36.5 Å². The zero-order valence-electron chi connectivity index (χ0n) is 9.76. The van der Waals surface area contributed by atoms with Crippen molar-refractivity contribution in [2.45, 2.75) is 32.6 Å². The molecule has 0 aromatic heterocycles. The maximum absolute atomic E-state index is 13.9. The van der Waals surface area contributed by atoms with Gasteiger partial charge < -0.3 is 4.90 Å². The van der Waals surface area contributed by atoms with E-state index in [1.165, 1.54) is 0 Å². The van der Waals surface area contributed by atoms with Gasteiger partial charge in [-0.15, -0.1) is 0 Å². The summed E-state index contributed by atoms with van der Waals surface area (Å²) in [6, 6.07) is 3.68. The van der Waals surface area contributed by atoms with Crippen LogP contribution < -0.4 is 4.90 Å². The predicted octanol–water partition coefficient (Wildman–Crippen LogP) is 4.20. The van der Waals surface area contributed by atoms with E-state index in [9.17, 15) is 4.39 Å². The molecule has 3 heteroatoms. The molecule has 1 fully saturated rings. The number of rotatable bonds is 2. The van der Waals surface area contributed by atoms with Gasteiger partial charge in [0.2, 0.25) is 0 Å². The van der Waals surface area contributed by atoms with Crippen molar-refractivity contribution in [3.05, 3.63) is 28.5 Å². The van der Waals surface area contributed by atoms with E-state index in [4.69, 9.17) is 11.6 Å². The maximum Gasteiger partial charge on any atom is 0.165 e. The summed E-state index contributed by atoms with van der Waals surface area (Å²) in [4.78, 5) is 2.09. The average Bonchev–Trinajstić information content (AvgIpc) is 2.74. The molecule has 1 aliphatic rings. The zero-order chi connectivity index (χ0) is 11.7. The Hall–Kier alpha value is -0.760. The summed E-state index contributed by atoms with van der Waals surface area (Å²) < 4.78 is 13.9. The molecule has 0 saturated carbocycles. The minimum atomic E-state index is -0.270. The minimum absolute atomic E-state index is 0.244. The lowest BCUT2D eigenvalue weighted by atomic mass is 10.0. The summed E-state index contributed by atoms with van der Waals surface area (Å²) in [5.74, 6) is 0.104. The molecule has 0 radical (unpaired) electrons. The molecule has 1 aliphatic heterocycles. The molecule has 1 saturated heterocycles. The molecular formula is C13H17ClFN. The molecule has 16 heavy (non-hydrogen) atoms. The second-order valence-electron chi connectivity index (χ2n) is 4.68. The molecule has 0 N–H and O–H groups in total. The van der Waals surface area contributed by atoms with Gasteiger partial charge in [-0.2, -0.15) is 0 Å². The lowest BCUT2D eigenvalue weighted by Crippen LogP contribution is -2.19. The van der Waals surface area contributed by atoms with E-state index >= 15 is 0 Å². The molecule has 2 rings (SSSR count). The molecular weight excluding hydrogens is 225 g/mol. The first-order valence-corrected chi connectivity index (χ1v) is 6.21. The van der Waals surface area contributed by atoms with E-state index in [1.807, 2.05) is 6.07 Å². The number of benzene rings is 1. The molecule has 0 spiro atoms. The van der Waals surface area contributed by atoms with Crippen LogP contribution >= 0.6 is 11.6 Å². The van der Waals surface area contributed by atoms with Gasteiger partial charge in [-0.3, -0.25) is 0 Å². The van der Waals surface area contributed by atoms with Crippen LogP contribution in [0, 0.1) is 5.82 Å². The lowest BCUT2D eigenvalue weighted by molar-refractivity contribution is 0.622. The van der Waals surface area contributed by atoms with Gasteiger partial charge >= 0.3 is 0 Å². The Balaban J connectivity index is 2.41. The maximum atomic E-state index is 13.9. The van der Waals surface area contributed by atoms with Crippen molar-refractivity contribution >= 4 is 17.3 Å². The van der Waals surface area contributed by atoms with E-state index in [0.29, 0.717) is 11.6 Å². The number of hydrogen-bond donors (Lipinski definition) is 0. The molecule has 0 aliphatic carbocycles. The van der Waals surface area contributed by atoms with Crippen LogP contribution in [0.4, 0.5) is 10.1 Å². The Bertz CT molecular complexity index is 384. The second kappa shape index (κ2) is 4.62. The molecule has 0 atom stereocenters. The summed E-state index contributed by atoms with van der Waals surface area (Å²) in [6.07, 6.45) is 2.28. The van der Waals surface area contributed by atoms with E-state index in [2.05, 4.69) is 18.7 Å². The fourth-order valence-electron chi connectivity index (χ4n) is 2.12. The fraction of sp³-hybridized carbons (Fsp3) is 0.538. The first-order valence-electron chi connectivity index (χ1n) is 5.83. The van der Waals surface area contributed by atoms with Crippen LogP contribution in [0.1, 0.15) is 38.2 Å². The van der Waals surface area contributed by atoms with E-state index in [-0.39, 0.29) is 10.8 Å². The third kappa shape index (κ3) is 2.17. The van der Waals surface area contributed by atoms with Gasteiger partial charge in [0.1, 0.15) is 0 Å². The topological polar surface area (TPSA) is 3.24 Å². The molecule has 88 valence electrons. The summed E-state index contributed by atoms with van der Waals surface area (Å²) >= 11 is 5.94. The van der Waals surface area contributed by atoms with Crippen molar-refractivity contribution in [3.8, 4) is 0 Å². The molecule has 1 aromatic rings. The molecule has 0 bridgehead atoms. The van der Waals surface area contributed by atoms with Crippen LogP contribution in [0.15, 0.2) is 12.1 Å². The Morgan fingerprint density at radius 3 is 2.44 bits per heavy atom. The normalized spacial score (nSPS) is 16.2. The minimum Gasteiger partial charge on any atom is -0.369 e. The van der Waals surface area contributed by atoms with Gasteiger partial charge in [-0.1, -0.05) is 25.4 Å². The predicted molar refractivity (Wildman–Crippen MR) is 66.9 cm³/mol. The molecule has 1 aromatic carbocycles. The zero-order valence-corrected chi connectivity index (χ0v) is 10.5. The van der Waals surface area contributed by atoms with E-state index in [0.717, 1.165) is 31.5 Å². The first kappa shape index (κ1) is 11.7. The van der Waals surface area contributed by atoms with Crippen molar-refractivity contribution in [1.82, 2.24) is 0 Å². The highest BCUT2D eigenvalue weighted by molar-refractivity contribution is 6.31. The Morgan fingerprint density at radius 2 is 1.88 bits per heavy atom. The largest absolute Gasteiger partial charge is 0.369 e. The third-order valence-electron chi connectivity index (χ3n) is 3.14. The van der Waals surface area contributed by atoms with Gasteiger partial charge in [0, 0.05) is 13.1 Å². The van der Waals surface area contributed by atoms with Crippen LogP contribution in [0.2, 0.25) is 5.02 Å². The first-order chi connectivity index (χ1) is 7.59. The van der Waals surface area contributed by atoms with Crippen molar-refractivity contribution in [2.75, 3.05) is 18.0 Å². The van der Waals surface area contributed by atoms with Gasteiger partial charge in [0.05, 0.1) is 10.7 Å². The lowest BCUT2D eigenvalue weighted by Gasteiger charge is -2.20. The number of anilines is 1. The van der Waals surface area contributed by atoms with Crippen molar-refractivity contribution < 1.29 is 4.39 Å². The van der Waals surface area contributed by atoms with Gasteiger partial charge in [-0.25, -0.2) is 4.39 Å². The summed E-state index contributed by atoms with van der Waals surface area (Å²) in [6.45, 7) is 6.07. The van der Waals surface area contributed by atoms with Crippen LogP contribution in [0.25, 0.3) is 0 Å². The quantitative estimate of drug-likeness (QED) is 0.750. The standard InChI is InChI=1S/C13H17ClFN/c1-9(2)10-7-11(14)13(15)12(8-10)16-5-3-4-6-16/h7-9H,3-6H2,1-2H3. The van der Waals surface area contributed by atoms with Crippen molar-refractivity contribution in [3.63, 3.8) is 0 Å². The van der Waals surface area contributed by atoms with Crippen molar-refractivity contribution in [1.29, 1.82) is 0 Å². The third-order valence-corrected chi connectivity index (χ3v) is 3.42. The summed E-state index contributed by atoms with van der Waals surface area (Å²) in [5, 5.41) is 0.244. The van der Waals surface area contributed by atoms with E-state index < -0.39 is 0 Å². The van der Waals surface area contributed by atoms with Crippen LogP contribution in [0.3, 0.4) is 0 Å². The number of halogens is 2. The Kier molecular flexibility index (Phi) is 3.38. The summed E-state index contributed by atoms with van der Waals surface area (Å²) in [5.41, 5.74) is 1.78. The summed E-state index contributed by atoms with van der Waals surface area (Å²) in [7, 11) is 0. The number of nitrogens with zero attached hydrogens (tertiary/aromatic N) is 1. The molecule has 0 unspecified atom stereocenters. The second-order valence-corrected chi connectivity index (χ2v) is 5.09.